The van der Waals surface area contributed by atoms with E-state index in [1.54, 1.807) is 0 Å². The lowest BCUT2D eigenvalue weighted by Gasteiger charge is -2.24. The Balaban J connectivity index is 2.57. The highest BCUT2D eigenvalue weighted by molar-refractivity contribution is 6.30. The van der Waals surface area contributed by atoms with Gasteiger partial charge in [0.05, 0.1) is 0 Å². The Kier molecular flexibility index (Phi) is 3.11. The zero-order chi connectivity index (χ0) is 13.5. The molecule has 0 aliphatic rings. The van der Waals surface area contributed by atoms with Crippen LogP contribution in [0.2, 0.25) is 5.02 Å². The highest BCUT2D eigenvalue weighted by Crippen LogP contribution is 2.31. The van der Waals surface area contributed by atoms with E-state index in [1.807, 2.05) is 31.2 Å². The molecule has 96 valence electrons. The third-order valence-electron chi connectivity index (χ3n) is 2.87. The molecule has 0 unspecified atom stereocenters. The average Bonchev–Trinajstić information content (AvgIpc) is 2.54. The van der Waals surface area contributed by atoms with Gasteiger partial charge in [0.2, 0.25) is 0 Å². The molecule has 2 aromatic rings. The normalized spacial score (nSPS) is 11.8. The first kappa shape index (κ1) is 13.0. The molecule has 0 radical (unpaired) electrons. The van der Waals surface area contributed by atoms with E-state index in [4.69, 9.17) is 17.3 Å². The number of imidazole rings is 1. The molecule has 3 nitrogen and oxygen atoms in total. The number of rotatable bonds is 1. The number of anilines is 1. The summed E-state index contributed by atoms with van der Waals surface area (Å²) < 4.78 is 2.05. The van der Waals surface area contributed by atoms with Crippen molar-refractivity contribution < 1.29 is 0 Å². The summed E-state index contributed by atoms with van der Waals surface area (Å²) in [6.07, 6.45) is 0. The lowest BCUT2D eigenvalue weighted by atomic mass is 10.1. The highest BCUT2D eigenvalue weighted by Gasteiger charge is 2.22. The number of nitrogens with zero attached hydrogens (tertiary/aromatic N) is 2. The maximum Gasteiger partial charge on any atom is 0.132 e. The zero-order valence-corrected chi connectivity index (χ0v) is 11.9. The van der Waals surface area contributed by atoms with E-state index in [0.717, 1.165) is 17.1 Å². The minimum absolute atomic E-state index is 0.0775. The van der Waals surface area contributed by atoms with Crippen LogP contribution in [0.15, 0.2) is 24.3 Å². The largest absolute Gasteiger partial charge is 0.383 e. The summed E-state index contributed by atoms with van der Waals surface area (Å²) in [4.78, 5) is 4.57. The molecule has 0 fully saturated rings. The quantitative estimate of drug-likeness (QED) is 0.849. The van der Waals surface area contributed by atoms with Gasteiger partial charge < -0.3 is 10.3 Å². The molecule has 1 aromatic heterocycles. The second-order valence-corrected chi connectivity index (χ2v) is 5.84. The molecule has 0 bridgehead atoms. The van der Waals surface area contributed by atoms with Gasteiger partial charge in [0.15, 0.2) is 0 Å². The van der Waals surface area contributed by atoms with Crippen LogP contribution in [0.1, 0.15) is 26.6 Å². The Bertz CT molecular complexity index is 562. The summed E-state index contributed by atoms with van der Waals surface area (Å²) in [5.41, 5.74) is 7.96. The molecule has 4 heteroatoms. The minimum Gasteiger partial charge on any atom is -0.383 e. The zero-order valence-electron chi connectivity index (χ0n) is 11.2. The predicted molar refractivity (Wildman–Crippen MR) is 76.8 cm³/mol. The van der Waals surface area contributed by atoms with Crippen LogP contribution < -0.4 is 5.73 Å². The second-order valence-electron chi connectivity index (χ2n) is 5.41. The van der Waals surface area contributed by atoms with Gasteiger partial charge in [-0.2, -0.15) is 0 Å². The van der Waals surface area contributed by atoms with Crippen molar-refractivity contribution in [1.82, 2.24) is 9.55 Å². The summed E-state index contributed by atoms with van der Waals surface area (Å²) in [5, 5.41) is 0.712. The molecule has 18 heavy (non-hydrogen) atoms. The topological polar surface area (TPSA) is 43.8 Å². The Labute approximate surface area is 113 Å². The van der Waals surface area contributed by atoms with Crippen molar-refractivity contribution in [2.45, 2.75) is 33.2 Å². The minimum atomic E-state index is -0.0775. The van der Waals surface area contributed by atoms with E-state index in [1.165, 1.54) is 0 Å². The van der Waals surface area contributed by atoms with Gasteiger partial charge in [-0.15, -0.1) is 0 Å². The fourth-order valence-corrected chi connectivity index (χ4v) is 2.34. The van der Waals surface area contributed by atoms with Crippen LogP contribution in [0.4, 0.5) is 5.82 Å². The van der Waals surface area contributed by atoms with Crippen LogP contribution in [-0.4, -0.2) is 9.55 Å². The number of hydrogen-bond acceptors (Lipinski definition) is 2. The maximum atomic E-state index is 6.23. The molecule has 2 rings (SSSR count). The van der Waals surface area contributed by atoms with E-state index in [9.17, 15) is 0 Å². The molecular weight excluding hydrogens is 246 g/mol. The van der Waals surface area contributed by atoms with E-state index in [-0.39, 0.29) is 5.54 Å². The average molecular weight is 264 g/mol. The third kappa shape index (κ3) is 2.23. The van der Waals surface area contributed by atoms with Crippen LogP contribution >= 0.6 is 11.6 Å². The van der Waals surface area contributed by atoms with Gasteiger partial charge in [-0.05, 0) is 39.8 Å². The Hall–Kier alpha value is -1.48. The predicted octanol–water partition coefficient (Wildman–Crippen LogP) is 3.85. The van der Waals surface area contributed by atoms with Crippen LogP contribution in [0.5, 0.6) is 0 Å². The van der Waals surface area contributed by atoms with Crippen molar-refractivity contribution in [1.29, 1.82) is 0 Å². The van der Waals surface area contributed by atoms with Gasteiger partial charge in [-0.1, -0.05) is 23.7 Å². The molecule has 1 aromatic carbocycles. The number of halogens is 1. The Morgan fingerprint density at radius 2 is 1.72 bits per heavy atom. The van der Waals surface area contributed by atoms with Crippen molar-refractivity contribution in [2.24, 2.45) is 0 Å². The molecule has 0 saturated carbocycles. The fraction of sp³-hybridized carbons (Fsp3) is 0.357. The van der Waals surface area contributed by atoms with Crippen molar-refractivity contribution in [3.05, 3.63) is 35.1 Å². The second kappa shape index (κ2) is 4.32. The van der Waals surface area contributed by atoms with Crippen molar-refractivity contribution in [3.63, 3.8) is 0 Å². The SMILES string of the molecule is Cc1nc(-c2ccc(Cl)cc2)c(N)n1C(C)(C)C. The summed E-state index contributed by atoms with van der Waals surface area (Å²) in [7, 11) is 0. The van der Waals surface area contributed by atoms with E-state index in [0.29, 0.717) is 10.8 Å². The molecule has 2 N–H and O–H groups in total. The van der Waals surface area contributed by atoms with E-state index in [2.05, 4.69) is 30.3 Å². The molecule has 0 saturated heterocycles. The number of hydrogen-bond donors (Lipinski definition) is 1. The van der Waals surface area contributed by atoms with E-state index < -0.39 is 0 Å². The first-order chi connectivity index (χ1) is 8.30. The number of aromatic nitrogens is 2. The monoisotopic (exact) mass is 263 g/mol. The molecule has 1 heterocycles. The van der Waals surface area contributed by atoms with Crippen molar-refractivity contribution in [2.75, 3.05) is 5.73 Å². The smallest absolute Gasteiger partial charge is 0.132 e. The molecule has 0 aliphatic heterocycles. The van der Waals surface area contributed by atoms with Gasteiger partial charge in [0.1, 0.15) is 17.3 Å². The number of aryl methyl sites for hydroxylation is 1. The number of nitrogens with two attached hydrogens (primary N) is 1. The van der Waals surface area contributed by atoms with Gasteiger partial charge in [0, 0.05) is 16.1 Å². The van der Waals surface area contributed by atoms with Crippen LogP contribution in [0, 0.1) is 6.92 Å². The highest BCUT2D eigenvalue weighted by atomic mass is 35.5. The number of benzene rings is 1. The molecular formula is C14H18ClN3. The van der Waals surface area contributed by atoms with Crippen molar-refractivity contribution in [3.8, 4) is 11.3 Å². The summed E-state index contributed by atoms with van der Waals surface area (Å²) in [6.45, 7) is 8.32. The number of nitrogen functional groups attached to an aromatic ring is 1. The van der Waals surface area contributed by atoms with Gasteiger partial charge >= 0.3 is 0 Å². The fourth-order valence-electron chi connectivity index (χ4n) is 2.22. The lowest BCUT2D eigenvalue weighted by molar-refractivity contribution is 0.393. The molecule has 0 amide bonds. The first-order valence-corrected chi connectivity index (χ1v) is 6.30. The van der Waals surface area contributed by atoms with Gasteiger partial charge in [-0.25, -0.2) is 4.98 Å². The summed E-state index contributed by atoms with van der Waals surface area (Å²) >= 11 is 5.89. The summed E-state index contributed by atoms with van der Waals surface area (Å²) in [6, 6.07) is 7.57. The maximum absolute atomic E-state index is 6.23. The van der Waals surface area contributed by atoms with Gasteiger partial charge in [0.25, 0.3) is 0 Å². The van der Waals surface area contributed by atoms with Crippen LogP contribution in [0.3, 0.4) is 0 Å². The molecule has 0 spiro atoms. The standard InChI is InChI=1S/C14H18ClN3/c1-9-17-12(10-5-7-11(15)8-6-10)13(16)18(9)14(2,3)4/h5-8H,16H2,1-4H3. The molecule has 0 aliphatic carbocycles. The molecule has 0 atom stereocenters. The van der Waals surface area contributed by atoms with Crippen molar-refractivity contribution >= 4 is 17.4 Å². The first-order valence-electron chi connectivity index (χ1n) is 5.92. The van der Waals surface area contributed by atoms with Crippen LogP contribution in [-0.2, 0) is 5.54 Å². The van der Waals surface area contributed by atoms with Crippen LogP contribution in [0.25, 0.3) is 11.3 Å². The summed E-state index contributed by atoms with van der Waals surface area (Å²) in [5.74, 6) is 1.62. The third-order valence-corrected chi connectivity index (χ3v) is 3.12. The van der Waals surface area contributed by atoms with Gasteiger partial charge in [-0.3, -0.25) is 0 Å². The lowest BCUT2D eigenvalue weighted by Crippen LogP contribution is -2.24. The Morgan fingerprint density at radius 1 is 1.17 bits per heavy atom. The Morgan fingerprint density at radius 3 is 2.17 bits per heavy atom. The van der Waals surface area contributed by atoms with E-state index >= 15 is 0 Å².